The molecule has 0 spiro atoms. The van der Waals surface area contributed by atoms with Crippen LogP contribution in [-0.2, 0) is 19.1 Å². The molecule has 0 fully saturated rings. The SMILES string of the molecule is CCOC(=O)[C@H](Br)CCCCC[C@H](Br)C(=O)OCC. The highest BCUT2D eigenvalue weighted by Gasteiger charge is 2.17. The van der Waals surface area contributed by atoms with Gasteiger partial charge >= 0.3 is 11.9 Å². The first kappa shape index (κ1) is 18.9. The zero-order valence-corrected chi connectivity index (χ0v) is 14.7. The molecular weight excluding hydrogens is 380 g/mol. The van der Waals surface area contributed by atoms with Crippen LogP contribution in [-0.4, -0.2) is 34.8 Å². The molecular formula is C13H22Br2O4. The van der Waals surface area contributed by atoms with Crippen LogP contribution in [0.25, 0.3) is 0 Å². The molecule has 0 bridgehead atoms. The lowest BCUT2D eigenvalue weighted by Crippen LogP contribution is -2.18. The third-order valence-electron chi connectivity index (χ3n) is 2.50. The fourth-order valence-electron chi connectivity index (χ4n) is 1.52. The highest BCUT2D eigenvalue weighted by Crippen LogP contribution is 2.16. The van der Waals surface area contributed by atoms with Gasteiger partial charge in [-0.15, -0.1) is 0 Å². The molecule has 0 aliphatic rings. The van der Waals surface area contributed by atoms with Crippen LogP contribution in [0.4, 0.5) is 0 Å². The predicted octanol–water partition coefficient (Wildman–Crippen LogP) is 3.59. The maximum Gasteiger partial charge on any atom is 0.319 e. The molecule has 0 amide bonds. The van der Waals surface area contributed by atoms with Crippen molar-refractivity contribution in [3.8, 4) is 0 Å². The molecule has 0 aromatic rings. The van der Waals surface area contributed by atoms with Gasteiger partial charge in [0.25, 0.3) is 0 Å². The van der Waals surface area contributed by atoms with Crippen molar-refractivity contribution < 1.29 is 19.1 Å². The monoisotopic (exact) mass is 400 g/mol. The number of carbonyl (C=O) groups is 2. The molecule has 0 heterocycles. The first-order valence-corrected chi connectivity index (χ1v) is 8.47. The zero-order chi connectivity index (χ0) is 14.7. The van der Waals surface area contributed by atoms with Gasteiger partial charge in [-0.25, -0.2) is 0 Å². The second kappa shape index (κ2) is 11.7. The van der Waals surface area contributed by atoms with Crippen LogP contribution in [0.5, 0.6) is 0 Å². The van der Waals surface area contributed by atoms with Crippen LogP contribution in [0.2, 0.25) is 0 Å². The number of ether oxygens (including phenoxy) is 2. The Morgan fingerprint density at radius 3 is 1.53 bits per heavy atom. The van der Waals surface area contributed by atoms with Gasteiger partial charge in [-0.2, -0.15) is 0 Å². The standard InChI is InChI=1S/C13H22Br2O4/c1-3-18-12(16)10(14)8-6-5-7-9-11(15)13(17)19-4-2/h10-11H,3-9H2,1-2H3/t10-,11+. The Kier molecular flexibility index (Phi) is 11.6. The molecule has 19 heavy (non-hydrogen) atoms. The quantitative estimate of drug-likeness (QED) is 0.319. The minimum Gasteiger partial charge on any atom is -0.465 e. The summed E-state index contributed by atoms with van der Waals surface area (Å²) in [6.07, 6.45) is 4.34. The van der Waals surface area contributed by atoms with Gasteiger partial charge < -0.3 is 9.47 Å². The second-order valence-corrected chi connectivity index (χ2v) is 6.29. The summed E-state index contributed by atoms with van der Waals surface area (Å²) < 4.78 is 9.81. The van der Waals surface area contributed by atoms with Crippen molar-refractivity contribution in [2.24, 2.45) is 0 Å². The van der Waals surface area contributed by atoms with Gasteiger partial charge in [0, 0.05) is 0 Å². The van der Waals surface area contributed by atoms with E-state index in [2.05, 4.69) is 31.9 Å². The maximum absolute atomic E-state index is 11.3. The molecule has 0 aromatic carbocycles. The second-order valence-electron chi connectivity index (χ2n) is 4.08. The van der Waals surface area contributed by atoms with E-state index in [9.17, 15) is 9.59 Å². The number of esters is 2. The Bertz CT molecular complexity index is 245. The fourth-order valence-corrected chi connectivity index (χ4v) is 2.44. The third-order valence-corrected chi connectivity index (χ3v) is 4.16. The molecule has 0 N–H and O–H groups in total. The zero-order valence-electron chi connectivity index (χ0n) is 11.5. The number of carbonyl (C=O) groups excluding carboxylic acids is 2. The van der Waals surface area contributed by atoms with Gasteiger partial charge in [0.05, 0.1) is 13.2 Å². The number of unbranched alkanes of at least 4 members (excludes halogenated alkanes) is 2. The Hall–Kier alpha value is -0.100. The van der Waals surface area contributed by atoms with Crippen molar-refractivity contribution in [1.29, 1.82) is 0 Å². The molecule has 0 aromatic heterocycles. The number of hydrogen-bond donors (Lipinski definition) is 0. The van der Waals surface area contributed by atoms with E-state index in [1.54, 1.807) is 13.8 Å². The predicted molar refractivity (Wildman–Crippen MR) is 81.8 cm³/mol. The Morgan fingerprint density at radius 1 is 0.842 bits per heavy atom. The topological polar surface area (TPSA) is 52.6 Å². The number of rotatable bonds is 10. The normalized spacial score (nSPS) is 13.7. The van der Waals surface area contributed by atoms with Crippen LogP contribution < -0.4 is 0 Å². The molecule has 2 atom stereocenters. The van der Waals surface area contributed by atoms with Crippen molar-refractivity contribution in [1.82, 2.24) is 0 Å². The van der Waals surface area contributed by atoms with E-state index in [-0.39, 0.29) is 21.6 Å². The van der Waals surface area contributed by atoms with E-state index in [1.807, 2.05) is 0 Å². The van der Waals surface area contributed by atoms with Crippen LogP contribution in [0.15, 0.2) is 0 Å². The van der Waals surface area contributed by atoms with Gasteiger partial charge in [0.2, 0.25) is 0 Å². The summed E-state index contributed by atoms with van der Waals surface area (Å²) in [5.41, 5.74) is 0. The molecule has 0 saturated carbocycles. The highest BCUT2D eigenvalue weighted by molar-refractivity contribution is 9.10. The smallest absolute Gasteiger partial charge is 0.319 e. The first-order valence-electron chi connectivity index (χ1n) is 6.64. The average molecular weight is 402 g/mol. The van der Waals surface area contributed by atoms with Crippen LogP contribution in [0, 0.1) is 0 Å². The van der Waals surface area contributed by atoms with Gasteiger partial charge in [0.15, 0.2) is 0 Å². The molecule has 0 saturated heterocycles. The molecule has 0 radical (unpaired) electrons. The number of alkyl halides is 2. The molecule has 0 unspecified atom stereocenters. The van der Waals surface area contributed by atoms with Gasteiger partial charge in [0.1, 0.15) is 9.65 Å². The summed E-state index contributed by atoms with van der Waals surface area (Å²) in [6, 6.07) is 0. The van der Waals surface area contributed by atoms with Crippen molar-refractivity contribution >= 4 is 43.8 Å². The average Bonchev–Trinajstić information content (AvgIpc) is 2.38. The highest BCUT2D eigenvalue weighted by atomic mass is 79.9. The van der Waals surface area contributed by atoms with Crippen LogP contribution in [0.1, 0.15) is 46.0 Å². The van der Waals surface area contributed by atoms with Crippen LogP contribution in [0.3, 0.4) is 0 Å². The van der Waals surface area contributed by atoms with Crippen LogP contribution >= 0.6 is 31.9 Å². The summed E-state index contributed by atoms with van der Waals surface area (Å²) >= 11 is 6.62. The summed E-state index contributed by atoms with van der Waals surface area (Å²) in [5.74, 6) is -0.403. The van der Waals surface area contributed by atoms with E-state index < -0.39 is 0 Å². The molecule has 6 heteroatoms. The van der Waals surface area contributed by atoms with Crippen molar-refractivity contribution in [3.63, 3.8) is 0 Å². The maximum atomic E-state index is 11.3. The Labute approximate surface area is 131 Å². The molecule has 4 nitrogen and oxygen atoms in total. The minimum atomic E-state index is -0.225. The molecule has 112 valence electrons. The van der Waals surface area contributed by atoms with E-state index in [1.165, 1.54) is 0 Å². The lowest BCUT2D eigenvalue weighted by atomic mass is 10.1. The third kappa shape index (κ3) is 9.44. The Morgan fingerprint density at radius 2 is 1.21 bits per heavy atom. The summed E-state index contributed by atoms with van der Waals surface area (Å²) in [6.45, 7) is 4.41. The van der Waals surface area contributed by atoms with E-state index in [4.69, 9.17) is 9.47 Å². The first-order chi connectivity index (χ1) is 9.02. The number of halogens is 2. The Balaban J connectivity index is 3.59. The minimum absolute atomic E-state index is 0.201. The summed E-state index contributed by atoms with van der Waals surface area (Å²) in [4.78, 5) is 22.2. The molecule has 0 aliphatic carbocycles. The van der Waals surface area contributed by atoms with Crippen molar-refractivity contribution in [2.75, 3.05) is 13.2 Å². The van der Waals surface area contributed by atoms with E-state index in [0.717, 1.165) is 32.1 Å². The molecule has 0 rings (SSSR count). The van der Waals surface area contributed by atoms with Gasteiger partial charge in [-0.05, 0) is 26.7 Å². The van der Waals surface area contributed by atoms with E-state index >= 15 is 0 Å². The lowest BCUT2D eigenvalue weighted by Gasteiger charge is -2.10. The largest absolute Gasteiger partial charge is 0.465 e. The van der Waals surface area contributed by atoms with Crippen molar-refractivity contribution in [2.45, 2.75) is 55.6 Å². The van der Waals surface area contributed by atoms with Gasteiger partial charge in [-0.3, -0.25) is 9.59 Å². The summed E-state index contributed by atoms with van der Waals surface area (Å²) in [7, 11) is 0. The fraction of sp³-hybridized carbons (Fsp3) is 0.846. The van der Waals surface area contributed by atoms with Gasteiger partial charge in [-0.1, -0.05) is 51.1 Å². The lowest BCUT2D eigenvalue weighted by molar-refractivity contribution is -0.143. The molecule has 0 aliphatic heterocycles. The van der Waals surface area contributed by atoms with E-state index in [0.29, 0.717) is 13.2 Å². The summed E-state index contributed by atoms with van der Waals surface area (Å²) in [5, 5.41) is 0. The number of hydrogen-bond acceptors (Lipinski definition) is 4. The van der Waals surface area contributed by atoms with Crippen molar-refractivity contribution in [3.05, 3.63) is 0 Å².